The predicted molar refractivity (Wildman–Crippen MR) is 94.6 cm³/mol. The number of ether oxygens (including phenoxy) is 1. The monoisotopic (exact) mass is 505 g/mol. The molecule has 0 saturated heterocycles. The van der Waals surface area contributed by atoms with Crippen LogP contribution >= 0.6 is 15.9 Å². The van der Waals surface area contributed by atoms with Gasteiger partial charge in [-0.2, -0.15) is 22.0 Å². The van der Waals surface area contributed by atoms with Gasteiger partial charge in [0, 0.05) is 17.7 Å². The molecular weight excluding hydrogens is 493 g/mol. The second-order valence-corrected chi connectivity index (χ2v) is 8.87. The van der Waals surface area contributed by atoms with E-state index in [0.29, 0.717) is 10.7 Å². The van der Waals surface area contributed by atoms with E-state index in [9.17, 15) is 35.2 Å². The molecule has 2 aromatic rings. The maximum absolute atomic E-state index is 13.0. The summed E-state index contributed by atoms with van der Waals surface area (Å²) in [5.41, 5.74) is -1.29. The minimum atomic E-state index is -5.85. The molecule has 2 rings (SSSR count). The van der Waals surface area contributed by atoms with Gasteiger partial charge in [-0.3, -0.25) is 14.3 Å². The lowest BCUT2D eigenvalue weighted by atomic mass is 10.3. The summed E-state index contributed by atoms with van der Waals surface area (Å²) in [4.78, 5) is 19.8. The van der Waals surface area contributed by atoms with Gasteiger partial charge in [-0.1, -0.05) is 6.92 Å². The van der Waals surface area contributed by atoms with Crippen molar-refractivity contribution in [3.05, 3.63) is 33.3 Å². The fourth-order valence-corrected chi connectivity index (χ4v) is 3.61. The minimum absolute atomic E-state index is 0.193. The highest BCUT2D eigenvalue weighted by Gasteiger charge is 2.58. The van der Waals surface area contributed by atoms with Crippen molar-refractivity contribution in [3.8, 4) is 17.3 Å². The van der Waals surface area contributed by atoms with Gasteiger partial charge in [-0.25, -0.2) is 13.4 Å². The van der Waals surface area contributed by atoms with Crippen LogP contribution in [0.3, 0.4) is 0 Å². The third-order valence-corrected chi connectivity index (χ3v) is 5.88. The second kappa shape index (κ2) is 7.97. The van der Waals surface area contributed by atoms with E-state index in [1.54, 1.807) is 0 Å². The van der Waals surface area contributed by atoms with Gasteiger partial charge in [0.05, 0.1) is 16.8 Å². The third-order valence-electron chi connectivity index (χ3n) is 3.71. The van der Waals surface area contributed by atoms with Crippen molar-refractivity contribution in [1.29, 1.82) is 0 Å². The smallest absolute Gasteiger partial charge is 0.456 e. The number of alkyl halides is 5. The first-order chi connectivity index (χ1) is 13.2. The SMILES string of the molecule is CCS(=O)(=O)c1cc(Br)cnc1-c1ncc(OCC(F)(F)C(F)(F)F)c(=O)n1C. The number of halogens is 6. The maximum Gasteiger partial charge on any atom is 0.456 e. The standard InChI is InChI=1S/C15H13BrF5N3O4S/c1-3-29(26,27)10-4-8(16)5-22-11(10)12-23-6-9(13(25)24(12)2)28-7-14(17,18)15(19,20)21/h4-6H,3,7H2,1-2H3. The van der Waals surface area contributed by atoms with Crippen molar-refractivity contribution in [2.24, 2.45) is 7.05 Å². The Labute approximate surface area is 169 Å². The summed E-state index contributed by atoms with van der Waals surface area (Å²) < 4.78 is 92.7. The van der Waals surface area contributed by atoms with Crippen molar-refractivity contribution >= 4 is 25.8 Å². The van der Waals surface area contributed by atoms with E-state index in [0.717, 1.165) is 11.6 Å². The minimum Gasteiger partial charge on any atom is -0.480 e. The van der Waals surface area contributed by atoms with Crippen LogP contribution in [0.1, 0.15) is 6.92 Å². The molecule has 0 fully saturated rings. The van der Waals surface area contributed by atoms with E-state index < -0.39 is 39.9 Å². The van der Waals surface area contributed by atoms with Gasteiger partial charge in [0.15, 0.2) is 22.3 Å². The Hall–Kier alpha value is -2.09. The Bertz CT molecular complexity index is 1090. The molecule has 2 heterocycles. The molecule has 0 bridgehead atoms. The van der Waals surface area contributed by atoms with Gasteiger partial charge in [0.2, 0.25) is 5.75 Å². The topological polar surface area (TPSA) is 91.2 Å². The first-order valence-electron chi connectivity index (χ1n) is 7.73. The summed E-state index contributed by atoms with van der Waals surface area (Å²) >= 11 is 3.09. The van der Waals surface area contributed by atoms with Crippen molar-refractivity contribution in [2.45, 2.75) is 23.9 Å². The molecule has 0 radical (unpaired) electrons. The molecule has 160 valence electrons. The van der Waals surface area contributed by atoms with E-state index >= 15 is 0 Å². The van der Waals surface area contributed by atoms with Crippen LogP contribution in [0.4, 0.5) is 22.0 Å². The Balaban J connectivity index is 2.50. The first-order valence-corrected chi connectivity index (χ1v) is 10.2. The van der Waals surface area contributed by atoms with E-state index in [1.165, 1.54) is 19.2 Å². The molecule has 0 aliphatic heterocycles. The largest absolute Gasteiger partial charge is 0.480 e. The van der Waals surface area contributed by atoms with Crippen LogP contribution in [-0.2, 0) is 16.9 Å². The Kier molecular flexibility index (Phi) is 6.37. The Morgan fingerprint density at radius 2 is 1.79 bits per heavy atom. The molecule has 2 aromatic heterocycles. The van der Waals surface area contributed by atoms with Crippen LogP contribution in [0.5, 0.6) is 5.75 Å². The lowest BCUT2D eigenvalue weighted by Crippen LogP contribution is -2.42. The van der Waals surface area contributed by atoms with Crippen LogP contribution in [0, 0.1) is 0 Å². The van der Waals surface area contributed by atoms with Gasteiger partial charge in [-0.05, 0) is 22.0 Å². The Morgan fingerprint density at radius 3 is 2.34 bits per heavy atom. The molecule has 0 aromatic carbocycles. The lowest BCUT2D eigenvalue weighted by Gasteiger charge is -2.19. The summed E-state index contributed by atoms with van der Waals surface area (Å²) in [6.07, 6.45) is -3.96. The zero-order valence-electron chi connectivity index (χ0n) is 14.8. The fraction of sp³-hybridized carbons (Fsp3) is 0.400. The summed E-state index contributed by atoms with van der Waals surface area (Å²) in [5, 5.41) is 0. The summed E-state index contributed by atoms with van der Waals surface area (Å²) in [6, 6.07) is 1.25. The lowest BCUT2D eigenvalue weighted by molar-refractivity contribution is -0.290. The van der Waals surface area contributed by atoms with E-state index in [-0.39, 0.29) is 22.2 Å². The molecule has 0 saturated carbocycles. The van der Waals surface area contributed by atoms with Gasteiger partial charge in [-0.15, -0.1) is 0 Å². The highest BCUT2D eigenvalue weighted by Crippen LogP contribution is 2.35. The van der Waals surface area contributed by atoms with E-state index in [2.05, 4.69) is 30.6 Å². The molecule has 0 aliphatic carbocycles. The molecule has 0 amide bonds. The van der Waals surface area contributed by atoms with Crippen LogP contribution in [-0.4, -0.2) is 47.4 Å². The fourth-order valence-electron chi connectivity index (χ4n) is 2.07. The molecule has 0 atom stereocenters. The van der Waals surface area contributed by atoms with Crippen molar-refractivity contribution in [2.75, 3.05) is 12.4 Å². The summed E-state index contributed by atoms with van der Waals surface area (Å²) in [6.45, 7) is -0.719. The summed E-state index contributed by atoms with van der Waals surface area (Å²) in [7, 11) is -2.67. The summed E-state index contributed by atoms with van der Waals surface area (Å²) in [5.74, 6) is -6.56. The highest BCUT2D eigenvalue weighted by atomic mass is 79.9. The average Bonchev–Trinajstić information content (AvgIpc) is 2.62. The molecule has 0 aliphatic rings. The molecule has 0 spiro atoms. The number of pyridine rings is 1. The number of aromatic nitrogens is 3. The predicted octanol–water partition coefficient (Wildman–Crippen LogP) is 2.97. The van der Waals surface area contributed by atoms with Crippen molar-refractivity contribution < 1.29 is 35.1 Å². The van der Waals surface area contributed by atoms with E-state index in [4.69, 9.17) is 0 Å². The first kappa shape index (κ1) is 23.2. The maximum atomic E-state index is 13.0. The quantitative estimate of drug-likeness (QED) is 0.560. The number of nitrogens with zero attached hydrogens (tertiary/aromatic N) is 3. The van der Waals surface area contributed by atoms with E-state index in [1.807, 2.05) is 0 Å². The van der Waals surface area contributed by atoms with Crippen LogP contribution in [0.2, 0.25) is 0 Å². The zero-order valence-corrected chi connectivity index (χ0v) is 17.2. The zero-order chi connectivity index (χ0) is 22.2. The normalized spacial score (nSPS) is 12.8. The third kappa shape index (κ3) is 4.74. The van der Waals surface area contributed by atoms with Gasteiger partial charge >= 0.3 is 12.1 Å². The molecule has 7 nitrogen and oxygen atoms in total. The van der Waals surface area contributed by atoms with Gasteiger partial charge in [0.25, 0.3) is 5.56 Å². The number of sulfone groups is 1. The van der Waals surface area contributed by atoms with Crippen molar-refractivity contribution in [1.82, 2.24) is 14.5 Å². The molecule has 0 unspecified atom stereocenters. The average molecular weight is 506 g/mol. The van der Waals surface area contributed by atoms with Crippen LogP contribution < -0.4 is 10.3 Å². The van der Waals surface area contributed by atoms with Gasteiger partial charge in [0.1, 0.15) is 5.69 Å². The Morgan fingerprint density at radius 1 is 1.17 bits per heavy atom. The highest BCUT2D eigenvalue weighted by molar-refractivity contribution is 9.10. The number of hydrogen-bond acceptors (Lipinski definition) is 6. The van der Waals surface area contributed by atoms with Crippen molar-refractivity contribution in [3.63, 3.8) is 0 Å². The molecule has 29 heavy (non-hydrogen) atoms. The molecule has 14 heteroatoms. The number of hydrogen-bond donors (Lipinski definition) is 0. The van der Waals surface area contributed by atoms with Crippen LogP contribution in [0.25, 0.3) is 11.5 Å². The number of rotatable bonds is 6. The van der Waals surface area contributed by atoms with Crippen LogP contribution in [0.15, 0.2) is 32.6 Å². The second-order valence-electron chi connectivity index (χ2n) is 5.70. The molecular formula is C15H13BrF5N3O4S. The van der Waals surface area contributed by atoms with Gasteiger partial charge < -0.3 is 4.74 Å². The molecule has 0 N–H and O–H groups in total.